The molecule has 0 bridgehead atoms. The summed E-state index contributed by atoms with van der Waals surface area (Å²) in [6, 6.07) is 0.511. The number of hydrogen-bond donors (Lipinski definition) is 1. The molecule has 0 saturated heterocycles. The summed E-state index contributed by atoms with van der Waals surface area (Å²) >= 11 is 3.72. The molecule has 21 heavy (non-hydrogen) atoms. The van der Waals surface area contributed by atoms with Crippen molar-refractivity contribution in [3.05, 3.63) is 27.5 Å². The molecule has 0 radical (unpaired) electrons. The van der Waals surface area contributed by atoms with Crippen molar-refractivity contribution in [1.29, 1.82) is 0 Å². The Balaban J connectivity index is 2.10. The van der Waals surface area contributed by atoms with Crippen LogP contribution in [-0.2, 0) is 13.0 Å². The van der Waals surface area contributed by atoms with E-state index in [1.807, 2.05) is 0 Å². The second-order valence-corrected chi connectivity index (χ2v) is 6.73. The lowest BCUT2D eigenvalue weighted by Crippen LogP contribution is -2.32. The number of aryl methyl sites for hydroxylation is 2. The molecule has 0 aliphatic heterocycles. The van der Waals surface area contributed by atoms with Crippen LogP contribution in [0.2, 0.25) is 0 Å². The molecular weight excluding hydrogens is 326 g/mol. The summed E-state index contributed by atoms with van der Waals surface area (Å²) in [6.07, 6.45) is 9.96. The maximum Gasteiger partial charge on any atom is 0.0738 e. The van der Waals surface area contributed by atoms with Gasteiger partial charge in [0, 0.05) is 19.0 Å². The molecule has 1 N–H and O–H groups in total. The average Bonchev–Trinajstić information content (AvgIpc) is 2.76. The molecule has 1 atom stereocenters. The zero-order valence-corrected chi connectivity index (χ0v) is 15.2. The number of allylic oxidation sites excluding steroid dienone is 1. The first-order valence-electron chi connectivity index (χ1n) is 8.28. The van der Waals surface area contributed by atoms with E-state index in [0.717, 1.165) is 25.2 Å². The van der Waals surface area contributed by atoms with Gasteiger partial charge in [0.2, 0.25) is 0 Å². The summed E-state index contributed by atoms with van der Waals surface area (Å²) in [5.74, 6) is 0. The highest BCUT2D eigenvalue weighted by molar-refractivity contribution is 9.10. The van der Waals surface area contributed by atoms with Crippen molar-refractivity contribution < 1.29 is 0 Å². The molecule has 1 aromatic rings. The van der Waals surface area contributed by atoms with Crippen LogP contribution in [0, 0.1) is 6.92 Å². The van der Waals surface area contributed by atoms with Crippen molar-refractivity contribution >= 4 is 15.9 Å². The minimum Gasteiger partial charge on any atom is -0.314 e. The van der Waals surface area contributed by atoms with E-state index in [9.17, 15) is 0 Å². The van der Waals surface area contributed by atoms with Gasteiger partial charge in [0.05, 0.1) is 15.9 Å². The quantitative estimate of drug-likeness (QED) is 0.736. The molecule has 0 fully saturated rings. The first-order valence-corrected chi connectivity index (χ1v) is 9.08. The molecule has 1 aromatic heterocycles. The van der Waals surface area contributed by atoms with E-state index in [4.69, 9.17) is 0 Å². The van der Waals surface area contributed by atoms with Gasteiger partial charge in [0.1, 0.15) is 0 Å². The Bertz CT molecular complexity index is 490. The lowest BCUT2D eigenvalue weighted by molar-refractivity contribution is 0.482. The summed E-state index contributed by atoms with van der Waals surface area (Å²) < 4.78 is 3.32. The molecule has 0 saturated carbocycles. The topological polar surface area (TPSA) is 29.9 Å². The van der Waals surface area contributed by atoms with Gasteiger partial charge in [-0.25, -0.2) is 0 Å². The lowest BCUT2D eigenvalue weighted by atomic mass is 9.92. The molecule has 1 unspecified atom stereocenters. The normalized spacial score (nSPS) is 16.9. The van der Waals surface area contributed by atoms with Gasteiger partial charge in [0.15, 0.2) is 0 Å². The van der Waals surface area contributed by atoms with Crippen LogP contribution in [0.25, 0.3) is 0 Å². The fourth-order valence-electron chi connectivity index (χ4n) is 3.21. The Morgan fingerprint density at radius 3 is 2.76 bits per heavy atom. The number of halogens is 1. The van der Waals surface area contributed by atoms with Gasteiger partial charge >= 0.3 is 0 Å². The Labute approximate surface area is 137 Å². The van der Waals surface area contributed by atoms with Crippen LogP contribution in [0.15, 0.2) is 16.1 Å². The van der Waals surface area contributed by atoms with Gasteiger partial charge in [-0.3, -0.25) is 4.68 Å². The maximum atomic E-state index is 4.62. The molecule has 1 aliphatic rings. The number of rotatable bonds is 7. The van der Waals surface area contributed by atoms with Crippen molar-refractivity contribution in [1.82, 2.24) is 15.1 Å². The number of likely N-dealkylation sites (N-methyl/N-ethyl adjacent to an activating group) is 1. The summed E-state index contributed by atoms with van der Waals surface area (Å²) in [6.45, 7) is 8.39. The van der Waals surface area contributed by atoms with Crippen molar-refractivity contribution in [2.75, 3.05) is 6.54 Å². The Morgan fingerprint density at radius 1 is 1.33 bits per heavy atom. The third-order valence-corrected chi connectivity index (χ3v) is 5.31. The molecule has 0 amide bonds. The molecule has 0 aromatic carbocycles. The lowest BCUT2D eigenvalue weighted by Gasteiger charge is -2.22. The predicted octanol–water partition coefficient (Wildman–Crippen LogP) is 4.39. The van der Waals surface area contributed by atoms with Crippen LogP contribution in [0.5, 0.6) is 0 Å². The zero-order chi connectivity index (χ0) is 15.2. The fourth-order valence-corrected chi connectivity index (χ4v) is 3.65. The molecule has 118 valence electrons. The summed E-state index contributed by atoms with van der Waals surface area (Å²) in [5.41, 5.74) is 4.07. The van der Waals surface area contributed by atoms with E-state index in [1.165, 1.54) is 42.3 Å². The number of nitrogens with zero attached hydrogens (tertiary/aromatic N) is 2. The first kappa shape index (κ1) is 16.8. The van der Waals surface area contributed by atoms with Crippen LogP contribution in [0.1, 0.15) is 57.3 Å². The van der Waals surface area contributed by atoms with Crippen LogP contribution >= 0.6 is 15.9 Å². The molecule has 1 heterocycles. The predicted molar refractivity (Wildman–Crippen MR) is 92.7 cm³/mol. The van der Waals surface area contributed by atoms with Gasteiger partial charge in [-0.15, -0.1) is 0 Å². The molecular formula is C17H28BrN3. The van der Waals surface area contributed by atoms with E-state index in [0.29, 0.717) is 6.04 Å². The van der Waals surface area contributed by atoms with Crippen LogP contribution in [-0.4, -0.2) is 22.4 Å². The van der Waals surface area contributed by atoms with Gasteiger partial charge in [-0.1, -0.05) is 18.6 Å². The van der Waals surface area contributed by atoms with Crippen molar-refractivity contribution in [2.24, 2.45) is 0 Å². The molecule has 4 heteroatoms. The van der Waals surface area contributed by atoms with Crippen molar-refractivity contribution in [3.63, 3.8) is 0 Å². The minimum absolute atomic E-state index is 0.511. The largest absolute Gasteiger partial charge is 0.314 e. The van der Waals surface area contributed by atoms with Crippen LogP contribution < -0.4 is 5.32 Å². The SMILES string of the molecule is CCNC(CC1=CCCCC1)Cc1c(Br)c(C)nn1CC. The highest BCUT2D eigenvalue weighted by Gasteiger charge is 2.18. The summed E-state index contributed by atoms with van der Waals surface area (Å²) in [7, 11) is 0. The number of aromatic nitrogens is 2. The molecule has 2 rings (SSSR count). The first-order chi connectivity index (χ1) is 10.2. The fraction of sp³-hybridized carbons (Fsp3) is 0.706. The van der Waals surface area contributed by atoms with E-state index in [2.05, 4.69) is 57.9 Å². The second kappa shape index (κ2) is 8.14. The minimum atomic E-state index is 0.511. The second-order valence-electron chi connectivity index (χ2n) is 5.93. The van der Waals surface area contributed by atoms with Crippen LogP contribution in [0.4, 0.5) is 0 Å². The maximum absolute atomic E-state index is 4.62. The monoisotopic (exact) mass is 353 g/mol. The molecule has 0 spiro atoms. The van der Waals surface area contributed by atoms with Crippen molar-refractivity contribution in [2.45, 2.75) is 71.9 Å². The number of hydrogen-bond acceptors (Lipinski definition) is 2. The smallest absolute Gasteiger partial charge is 0.0738 e. The van der Waals surface area contributed by atoms with Gasteiger partial charge in [0.25, 0.3) is 0 Å². The number of nitrogens with one attached hydrogen (secondary N) is 1. The summed E-state index contributed by atoms with van der Waals surface area (Å²) in [4.78, 5) is 0. The van der Waals surface area contributed by atoms with Gasteiger partial charge in [-0.2, -0.15) is 5.10 Å². The Hall–Kier alpha value is -0.610. The van der Waals surface area contributed by atoms with E-state index in [-0.39, 0.29) is 0 Å². The zero-order valence-electron chi connectivity index (χ0n) is 13.6. The third kappa shape index (κ3) is 4.43. The van der Waals surface area contributed by atoms with Gasteiger partial charge < -0.3 is 5.32 Å². The molecule has 1 aliphatic carbocycles. The van der Waals surface area contributed by atoms with Crippen LogP contribution in [0.3, 0.4) is 0 Å². The highest BCUT2D eigenvalue weighted by atomic mass is 79.9. The highest BCUT2D eigenvalue weighted by Crippen LogP contribution is 2.26. The average molecular weight is 354 g/mol. The standard InChI is InChI=1S/C17H28BrN3/c1-4-19-15(11-14-9-7-6-8-10-14)12-16-17(18)13(3)20-21(16)5-2/h9,15,19H,4-8,10-12H2,1-3H3. The summed E-state index contributed by atoms with van der Waals surface area (Å²) in [5, 5.41) is 8.28. The van der Waals surface area contributed by atoms with E-state index in [1.54, 1.807) is 5.57 Å². The Morgan fingerprint density at radius 2 is 2.14 bits per heavy atom. The van der Waals surface area contributed by atoms with Crippen molar-refractivity contribution in [3.8, 4) is 0 Å². The third-order valence-electron chi connectivity index (χ3n) is 4.28. The van der Waals surface area contributed by atoms with E-state index >= 15 is 0 Å². The van der Waals surface area contributed by atoms with E-state index < -0.39 is 0 Å². The molecule has 3 nitrogen and oxygen atoms in total. The Kier molecular flexibility index (Phi) is 6.49. The van der Waals surface area contributed by atoms with Gasteiger partial charge in [-0.05, 0) is 68.4 Å².